The lowest BCUT2D eigenvalue weighted by molar-refractivity contribution is -0.384. The molecule has 6 nitrogen and oxygen atoms in total. The molecule has 24 heavy (non-hydrogen) atoms. The van der Waals surface area contributed by atoms with Crippen LogP contribution in [0.2, 0.25) is 0 Å². The molecule has 122 valence electrons. The summed E-state index contributed by atoms with van der Waals surface area (Å²) in [4.78, 5) is 29.0. The second kappa shape index (κ2) is 7.27. The summed E-state index contributed by atoms with van der Waals surface area (Å²) >= 11 is 1.42. The van der Waals surface area contributed by atoms with Crippen molar-refractivity contribution in [1.29, 1.82) is 0 Å². The maximum Gasteiger partial charge on any atom is 0.269 e. The van der Waals surface area contributed by atoms with Gasteiger partial charge in [0.25, 0.3) is 11.6 Å². The van der Waals surface area contributed by atoms with Crippen LogP contribution in [0.25, 0.3) is 0 Å². The summed E-state index contributed by atoms with van der Waals surface area (Å²) in [6.07, 6.45) is 0. The van der Waals surface area contributed by atoms with E-state index in [1.54, 1.807) is 29.2 Å². The van der Waals surface area contributed by atoms with E-state index >= 15 is 0 Å². The van der Waals surface area contributed by atoms with Gasteiger partial charge in [-0.25, -0.2) is 0 Å². The number of non-ortho nitro benzene ring substituents is 1. The molecule has 0 atom stereocenters. The molecule has 0 bridgehead atoms. The second-order valence-corrected chi connectivity index (χ2v) is 6.15. The predicted octanol–water partition coefficient (Wildman–Crippen LogP) is 3.34. The third-order valence-corrected chi connectivity index (χ3v) is 4.64. The van der Waals surface area contributed by atoms with Gasteiger partial charge < -0.3 is 0 Å². The van der Waals surface area contributed by atoms with Crippen molar-refractivity contribution in [2.24, 2.45) is 4.99 Å². The van der Waals surface area contributed by atoms with Crippen molar-refractivity contribution in [3.63, 3.8) is 0 Å². The zero-order chi connectivity index (χ0) is 16.9. The molecule has 0 spiro atoms. The number of nitro benzene ring substituents is 1. The van der Waals surface area contributed by atoms with E-state index < -0.39 is 4.92 Å². The van der Waals surface area contributed by atoms with Crippen molar-refractivity contribution in [3.05, 3.63) is 75.8 Å². The Hall–Kier alpha value is -2.67. The number of thioether (sulfide) groups is 1. The van der Waals surface area contributed by atoms with Gasteiger partial charge in [0, 0.05) is 30.0 Å². The summed E-state index contributed by atoms with van der Waals surface area (Å²) in [5.74, 6) is 0.456. The quantitative estimate of drug-likeness (QED) is 0.631. The molecule has 0 aliphatic carbocycles. The number of aliphatic imine (C=N–C) groups is 1. The number of carbonyl (C=O) groups is 1. The minimum Gasteiger partial charge on any atom is -0.286 e. The van der Waals surface area contributed by atoms with E-state index in [0.717, 1.165) is 5.56 Å². The zero-order valence-electron chi connectivity index (χ0n) is 12.8. The zero-order valence-corrected chi connectivity index (χ0v) is 13.6. The van der Waals surface area contributed by atoms with Crippen molar-refractivity contribution >= 4 is 28.5 Å². The van der Waals surface area contributed by atoms with Gasteiger partial charge in [-0.1, -0.05) is 42.1 Å². The smallest absolute Gasteiger partial charge is 0.269 e. The molecule has 1 amide bonds. The highest BCUT2D eigenvalue weighted by Crippen LogP contribution is 2.23. The van der Waals surface area contributed by atoms with Crippen LogP contribution in [-0.2, 0) is 5.75 Å². The molecule has 0 unspecified atom stereocenters. The summed E-state index contributed by atoms with van der Waals surface area (Å²) in [5.41, 5.74) is 1.53. The fraction of sp³-hybridized carbons (Fsp3) is 0.176. The van der Waals surface area contributed by atoms with E-state index in [2.05, 4.69) is 4.99 Å². The van der Waals surface area contributed by atoms with Crippen molar-refractivity contribution in [3.8, 4) is 0 Å². The Labute approximate surface area is 143 Å². The minimum atomic E-state index is -0.410. The largest absolute Gasteiger partial charge is 0.286 e. The first-order chi connectivity index (χ1) is 11.6. The number of amidine groups is 1. The van der Waals surface area contributed by atoms with Gasteiger partial charge >= 0.3 is 0 Å². The first-order valence-electron chi connectivity index (χ1n) is 7.42. The van der Waals surface area contributed by atoms with Crippen molar-refractivity contribution in [2.75, 3.05) is 13.1 Å². The van der Waals surface area contributed by atoms with Crippen LogP contribution in [0, 0.1) is 10.1 Å². The molecule has 0 N–H and O–H groups in total. The number of hydrogen-bond donors (Lipinski definition) is 0. The van der Waals surface area contributed by atoms with Crippen LogP contribution < -0.4 is 0 Å². The molecule has 0 fully saturated rings. The van der Waals surface area contributed by atoms with Crippen molar-refractivity contribution < 1.29 is 9.72 Å². The molecule has 2 aromatic carbocycles. The first-order valence-corrected chi connectivity index (χ1v) is 8.41. The van der Waals surface area contributed by atoms with Crippen LogP contribution in [0.1, 0.15) is 15.9 Å². The van der Waals surface area contributed by atoms with Gasteiger partial charge in [0.1, 0.15) is 0 Å². The molecule has 7 heteroatoms. The van der Waals surface area contributed by atoms with Gasteiger partial charge in [-0.3, -0.25) is 24.8 Å². The maximum absolute atomic E-state index is 12.6. The Morgan fingerprint density at radius 3 is 2.75 bits per heavy atom. The standard InChI is InChI=1S/C17H15N3O3S/c21-16(14-6-2-1-3-7-14)19-10-9-18-17(19)24-12-13-5-4-8-15(11-13)20(22)23/h1-8,11H,9-10,12H2. The highest BCUT2D eigenvalue weighted by atomic mass is 32.2. The van der Waals surface area contributed by atoms with Gasteiger partial charge in [0.15, 0.2) is 5.17 Å². The summed E-state index contributed by atoms with van der Waals surface area (Å²) in [7, 11) is 0. The summed E-state index contributed by atoms with van der Waals surface area (Å²) in [6, 6.07) is 15.6. The highest BCUT2D eigenvalue weighted by molar-refractivity contribution is 8.13. The van der Waals surface area contributed by atoms with Crippen molar-refractivity contribution in [2.45, 2.75) is 5.75 Å². The number of amides is 1. The number of nitro groups is 1. The highest BCUT2D eigenvalue weighted by Gasteiger charge is 2.25. The molecule has 0 radical (unpaired) electrons. The van der Waals surface area contributed by atoms with E-state index in [0.29, 0.717) is 29.6 Å². The van der Waals surface area contributed by atoms with Gasteiger partial charge in [-0.2, -0.15) is 0 Å². The number of carbonyl (C=O) groups excluding carboxylic acids is 1. The molecule has 0 aromatic heterocycles. The Morgan fingerprint density at radius 2 is 2.00 bits per heavy atom. The molecule has 1 aliphatic heterocycles. The van der Waals surface area contributed by atoms with Crippen LogP contribution in [0.4, 0.5) is 5.69 Å². The average Bonchev–Trinajstić information content (AvgIpc) is 3.09. The molecule has 0 saturated heterocycles. The normalized spacial score (nSPS) is 13.7. The van der Waals surface area contributed by atoms with Crippen LogP contribution >= 0.6 is 11.8 Å². The second-order valence-electron chi connectivity index (χ2n) is 5.20. The Balaban J connectivity index is 1.67. The lowest BCUT2D eigenvalue weighted by atomic mass is 10.2. The van der Waals surface area contributed by atoms with Gasteiger partial charge in [0.2, 0.25) is 0 Å². The van der Waals surface area contributed by atoms with Crippen LogP contribution in [0.5, 0.6) is 0 Å². The lowest BCUT2D eigenvalue weighted by Crippen LogP contribution is -2.32. The molecule has 3 rings (SSSR count). The minimum absolute atomic E-state index is 0.0682. The Kier molecular flexibility index (Phi) is 4.90. The summed E-state index contributed by atoms with van der Waals surface area (Å²) < 4.78 is 0. The van der Waals surface area contributed by atoms with Gasteiger partial charge in [-0.15, -0.1) is 0 Å². The Bertz CT molecular complexity index is 793. The monoisotopic (exact) mass is 341 g/mol. The van der Waals surface area contributed by atoms with E-state index in [1.807, 2.05) is 24.3 Å². The third-order valence-electron chi connectivity index (χ3n) is 3.56. The molecular weight excluding hydrogens is 326 g/mol. The summed E-state index contributed by atoms with van der Waals surface area (Å²) in [6.45, 7) is 1.14. The molecular formula is C17H15N3O3S. The number of nitrogens with zero attached hydrogens (tertiary/aromatic N) is 3. The van der Waals surface area contributed by atoms with Crippen LogP contribution in [-0.4, -0.2) is 34.0 Å². The first kappa shape index (κ1) is 16.2. The number of rotatable bonds is 4. The average molecular weight is 341 g/mol. The number of benzene rings is 2. The lowest BCUT2D eigenvalue weighted by Gasteiger charge is -2.17. The predicted molar refractivity (Wildman–Crippen MR) is 94.2 cm³/mol. The molecule has 1 aliphatic rings. The number of hydrogen-bond acceptors (Lipinski definition) is 5. The topological polar surface area (TPSA) is 75.8 Å². The molecule has 2 aromatic rings. The third kappa shape index (κ3) is 3.62. The Morgan fingerprint density at radius 1 is 1.21 bits per heavy atom. The summed E-state index contributed by atoms with van der Waals surface area (Å²) in [5, 5.41) is 11.5. The molecule has 0 saturated carbocycles. The van der Waals surface area contributed by atoms with Gasteiger partial charge in [0.05, 0.1) is 11.5 Å². The fourth-order valence-corrected chi connectivity index (χ4v) is 3.37. The van der Waals surface area contributed by atoms with E-state index in [-0.39, 0.29) is 11.6 Å². The van der Waals surface area contributed by atoms with E-state index in [4.69, 9.17) is 0 Å². The van der Waals surface area contributed by atoms with E-state index in [9.17, 15) is 14.9 Å². The van der Waals surface area contributed by atoms with Gasteiger partial charge in [-0.05, 0) is 17.7 Å². The van der Waals surface area contributed by atoms with E-state index in [1.165, 1.54) is 17.8 Å². The molecule has 1 heterocycles. The van der Waals surface area contributed by atoms with Crippen LogP contribution in [0.3, 0.4) is 0 Å². The van der Waals surface area contributed by atoms with Crippen LogP contribution in [0.15, 0.2) is 59.6 Å². The maximum atomic E-state index is 12.6. The fourth-order valence-electron chi connectivity index (χ4n) is 2.38. The SMILES string of the molecule is O=C(c1ccccc1)N1CCN=C1SCc1cccc([N+](=O)[O-])c1. The van der Waals surface area contributed by atoms with Crippen molar-refractivity contribution in [1.82, 2.24) is 4.90 Å².